The summed E-state index contributed by atoms with van der Waals surface area (Å²) in [5, 5.41) is 8.62. The van der Waals surface area contributed by atoms with E-state index in [1.807, 2.05) is 0 Å². The van der Waals surface area contributed by atoms with E-state index in [0.29, 0.717) is 12.8 Å². The van der Waals surface area contributed by atoms with Crippen molar-refractivity contribution in [1.29, 1.82) is 5.26 Å². The van der Waals surface area contributed by atoms with E-state index in [4.69, 9.17) is 5.26 Å². The first kappa shape index (κ1) is 16.2. The Kier molecular flexibility index (Phi) is 6.49. The number of nitriles is 1. The van der Waals surface area contributed by atoms with Crippen LogP contribution in [0.5, 0.6) is 0 Å². The fourth-order valence-corrected chi connectivity index (χ4v) is 2.42. The third-order valence-corrected chi connectivity index (χ3v) is 3.40. The number of hydrogen-bond acceptors (Lipinski definition) is 3. The lowest BCUT2D eigenvalue weighted by Crippen LogP contribution is -2.35. The molecule has 0 aromatic heterocycles. The molecular weight excluding hydrogens is 257 g/mol. The summed E-state index contributed by atoms with van der Waals surface area (Å²) in [6.07, 6.45) is -5.03. The summed E-state index contributed by atoms with van der Waals surface area (Å²) < 4.78 is 60.2. The molecule has 0 rings (SSSR count). The summed E-state index contributed by atoms with van der Waals surface area (Å²) in [5.41, 5.74) is 0. The van der Waals surface area contributed by atoms with E-state index < -0.39 is 40.8 Å². The smallest absolute Gasteiger partial charge is 0.212 e. The summed E-state index contributed by atoms with van der Waals surface area (Å²) >= 11 is 0. The number of rotatable bonds is 7. The predicted molar refractivity (Wildman–Crippen MR) is 56.5 cm³/mol. The molecule has 0 aliphatic heterocycles. The van der Waals surface area contributed by atoms with E-state index in [-0.39, 0.29) is 0 Å². The SMILES string of the molecule is CCCC(C#N)NS(=O)(=O)CCCC(F)(F)F. The van der Waals surface area contributed by atoms with E-state index in [0.717, 1.165) is 0 Å². The van der Waals surface area contributed by atoms with Gasteiger partial charge in [-0.1, -0.05) is 13.3 Å². The highest BCUT2D eigenvalue weighted by Gasteiger charge is 2.27. The molecule has 0 heterocycles. The Bertz CT molecular complexity index is 359. The second-order valence-electron chi connectivity index (χ2n) is 3.63. The van der Waals surface area contributed by atoms with Gasteiger partial charge in [-0.15, -0.1) is 0 Å². The van der Waals surface area contributed by atoms with Crippen molar-refractivity contribution in [3.63, 3.8) is 0 Å². The van der Waals surface area contributed by atoms with Gasteiger partial charge >= 0.3 is 6.18 Å². The molecule has 0 saturated carbocycles. The van der Waals surface area contributed by atoms with Gasteiger partial charge in [0.15, 0.2) is 0 Å². The number of sulfonamides is 1. The van der Waals surface area contributed by atoms with Crippen molar-refractivity contribution >= 4 is 10.0 Å². The normalized spacial score (nSPS) is 14.3. The van der Waals surface area contributed by atoms with Crippen molar-refractivity contribution in [3.8, 4) is 6.07 Å². The Balaban J connectivity index is 4.17. The largest absolute Gasteiger partial charge is 0.389 e. The zero-order valence-electron chi connectivity index (χ0n) is 9.42. The highest BCUT2D eigenvalue weighted by atomic mass is 32.2. The number of nitrogens with one attached hydrogen (secondary N) is 1. The average molecular weight is 272 g/mol. The molecule has 0 aliphatic carbocycles. The lowest BCUT2D eigenvalue weighted by Gasteiger charge is -2.11. The van der Waals surface area contributed by atoms with Gasteiger partial charge in [0.05, 0.1) is 11.8 Å². The van der Waals surface area contributed by atoms with Crippen LogP contribution in [0.15, 0.2) is 0 Å². The van der Waals surface area contributed by atoms with Crippen LogP contribution in [-0.4, -0.2) is 26.4 Å². The standard InChI is InChI=1S/C9H15F3N2O2S/c1-2-4-8(7-13)14-17(15,16)6-3-5-9(10,11)12/h8,14H,2-6H2,1H3. The van der Waals surface area contributed by atoms with Crippen LogP contribution in [0, 0.1) is 11.3 Å². The molecule has 0 amide bonds. The van der Waals surface area contributed by atoms with Gasteiger partial charge in [0, 0.05) is 6.42 Å². The Labute approximate surface area is 98.9 Å². The molecule has 0 aromatic carbocycles. The quantitative estimate of drug-likeness (QED) is 0.770. The monoisotopic (exact) mass is 272 g/mol. The molecule has 8 heteroatoms. The third-order valence-electron chi connectivity index (χ3n) is 1.93. The maximum atomic E-state index is 11.8. The first-order chi connectivity index (χ1) is 7.70. The molecular formula is C9H15F3N2O2S. The molecule has 1 unspecified atom stereocenters. The van der Waals surface area contributed by atoms with Crippen molar-refractivity contribution in [3.05, 3.63) is 0 Å². The second-order valence-corrected chi connectivity index (χ2v) is 5.50. The maximum Gasteiger partial charge on any atom is 0.389 e. The number of hydrogen-bond donors (Lipinski definition) is 1. The molecule has 0 saturated heterocycles. The topological polar surface area (TPSA) is 70.0 Å². The lowest BCUT2D eigenvalue weighted by molar-refractivity contribution is -0.134. The van der Waals surface area contributed by atoms with E-state index in [9.17, 15) is 21.6 Å². The van der Waals surface area contributed by atoms with E-state index in [1.165, 1.54) is 0 Å². The van der Waals surface area contributed by atoms with Gasteiger partial charge in [-0.3, -0.25) is 0 Å². The number of alkyl halides is 3. The molecule has 1 N–H and O–H groups in total. The summed E-state index contributed by atoms with van der Waals surface area (Å²) in [7, 11) is -3.81. The summed E-state index contributed by atoms with van der Waals surface area (Å²) in [4.78, 5) is 0. The Morgan fingerprint density at radius 1 is 1.41 bits per heavy atom. The fraction of sp³-hybridized carbons (Fsp3) is 0.889. The summed E-state index contributed by atoms with van der Waals surface area (Å²) in [6.45, 7) is 1.78. The molecule has 0 aliphatic rings. The molecule has 4 nitrogen and oxygen atoms in total. The van der Waals surface area contributed by atoms with Gasteiger partial charge in [-0.25, -0.2) is 8.42 Å². The Hall–Kier alpha value is -0.810. The Morgan fingerprint density at radius 3 is 2.41 bits per heavy atom. The fourth-order valence-electron chi connectivity index (χ4n) is 1.18. The highest BCUT2D eigenvalue weighted by Crippen LogP contribution is 2.21. The first-order valence-electron chi connectivity index (χ1n) is 5.16. The van der Waals surface area contributed by atoms with Crippen molar-refractivity contribution < 1.29 is 21.6 Å². The van der Waals surface area contributed by atoms with Crippen LogP contribution in [0.1, 0.15) is 32.6 Å². The van der Waals surface area contributed by atoms with Crippen LogP contribution in [0.2, 0.25) is 0 Å². The van der Waals surface area contributed by atoms with Crippen LogP contribution in [0.25, 0.3) is 0 Å². The summed E-state index contributed by atoms with van der Waals surface area (Å²) in [5.74, 6) is -0.617. The molecule has 100 valence electrons. The van der Waals surface area contributed by atoms with Gasteiger partial charge in [-0.05, 0) is 12.8 Å². The highest BCUT2D eigenvalue weighted by molar-refractivity contribution is 7.89. The molecule has 0 aromatic rings. The molecule has 0 radical (unpaired) electrons. The molecule has 0 fully saturated rings. The van der Waals surface area contributed by atoms with Crippen LogP contribution < -0.4 is 4.72 Å². The van der Waals surface area contributed by atoms with Crippen LogP contribution in [-0.2, 0) is 10.0 Å². The molecule has 0 spiro atoms. The van der Waals surface area contributed by atoms with Crippen molar-refractivity contribution in [2.24, 2.45) is 0 Å². The van der Waals surface area contributed by atoms with Crippen LogP contribution in [0.4, 0.5) is 13.2 Å². The van der Waals surface area contributed by atoms with E-state index >= 15 is 0 Å². The Morgan fingerprint density at radius 2 is 2.00 bits per heavy atom. The van der Waals surface area contributed by atoms with Crippen molar-refractivity contribution in [2.45, 2.75) is 44.8 Å². The van der Waals surface area contributed by atoms with Gasteiger partial charge in [0.2, 0.25) is 10.0 Å². The van der Waals surface area contributed by atoms with E-state index in [2.05, 4.69) is 4.72 Å². The van der Waals surface area contributed by atoms with Gasteiger partial charge in [0.25, 0.3) is 0 Å². The van der Waals surface area contributed by atoms with Crippen LogP contribution >= 0.6 is 0 Å². The first-order valence-corrected chi connectivity index (χ1v) is 6.82. The van der Waals surface area contributed by atoms with Gasteiger partial charge < -0.3 is 0 Å². The zero-order valence-corrected chi connectivity index (χ0v) is 10.2. The summed E-state index contributed by atoms with van der Waals surface area (Å²) in [6, 6.07) is 0.888. The molecule has 0 bridgehead atoms. The zero-order chi connectivity index (χ0) is 13.5. The van der Waals surface area contributed by atoms with Gasteiger partial charge in [0.1, 0.15) is 6.04 Å². The third kappa shape index (κ3) is 8.94. The number of nitrogens with zero attached hydrogens (tertiary/aromatic N) is 1. The van der Waals surface area contributed by atoms with Crippen LogP contribution in [0.3, 0.4) is 0 Å². The minimum absolute atomic E-state index is 0.342. The molecule has 17 heavy (non-hydrogen) atoms. The second kappa shape index (κ2) is 6.81. The van der Waals surface area contributed by atoms with Crippen molar-refractivity contribution in [1.82, 2.24) is 4.72 Å². The van der Waals surface area contributed by atoms with E-state index in [1.54, 1.807) is 13.0 Å². The minimum Gasteiger partial charge on any atom is -0.212 e. The van der Waals surface area contributed by atoms with Gasteiger partial charge in [-0.2, -0.15) is 23.2 Å². The minimum atomic E-state index is -4.35. The average Bonchev–Trinajstić information content (AvgIpc) is 2.14. The maximum absolute atomic E-state index is 11.8. The molecule has 1 atom stereocenters. The number of halogens is 3. The lowest BCUT2D eigenvalue weighted by atomic mass is 10.2. The predicted octanol–water partition coefficient (Wildman–Crippen LogP) is 1.94. The van der Waals surface area contributed by atoms with Crippen molar-refractivity contribution in [2.75, 3.05) is 5.75 Å².